The number of aryl methyl sites for hydroxylation is 1. The van der Waals surface area contributed by atoms with Crippen molar-refractivity contribution in [1.29, 1.82) is 0 Å². The minimum Gasteiger partial charge on any atom is -0.354 e. The number of amides is 2. The number of hydrogen-bond donors (Lipinski definition) is 2. The van der Waals surface area contributed by atoms with Crippen LogP contribution in [-0.4, -0.2) is 47.5 Å². The first-order valence-electron chi connectivity index (χ1n) is 12.4. The van der Waals surface area contributed by atoms with Crippen molar-refractivity contribution in [3.05, 3.63) is 108 Å². The van der Waals surface area contributed by atoms with Crippen LogP contribution in [0.4, 0.5) is 10.1 Å². The molecular formula is C28H26FN5O4S. The van der Waals surface area contributed by atoms with Crippen molar-refractivity contribution in [2.75, 3.05) is 17.2 Å². The average Bonchev–Trinajstić information content (AvgIpc) is 3.47. The van der Waals surface area contributed by atoms with E-state index in [2.05, 4.69) is 20.3 Å². The minimum absolute atomic E-state index is 0.0716. The fourth-order valence-corrected chi connectivity index (χ4v) is 6.32. The van der Waals surface area contributed by atoms with E-state index >= 15 is 0 Å². The fraction of sp³-hybridized carbons (Fsp3) is 0.214. The van der Waals surface area contributed by atoms with Gasteiger partial charge in [0.25, 0.3) is 5.91 Å². The predicted molar refractivity (Wildman–Crippen MR) is 142 cm³/mol. The number of carbonyl (C=O) groups excluding carboxylic acids is 2. The van der Waals surface area contributed by atoms with Gasteiger partial charge in [0.05, 0.1) is 23.2 Å². The van der Waals surface area contributed by atoms with Gasteiger partial charge in [0.2, 0.25) is 5.91 Å². The van der Waals surface area contributed by atoms with Crippen LogP contribution in [0, 0.1) is 5.82 Å². The summed E-state index contributed by atoms with van der Waals surface area (Å²) in [4.78, 5) is 40.1. The Morgan fingerprint density at radius 1 is 1.08 bits per heavy atom. The van der Waals surface area contributed by atoms with Crippen LogP contribution in [0.5, 0.6) is 0 Å². The Bertz CT molecular complexity index is 1590. The molecule has 3 heterocycles. The van der Waals surface area contributed by atoms with Crippen LogP contribution in [0.25, 0.3) is 0 Å². The first-order chi connectivity index (χ1) is 18.8. The van der Waals surface area contributed by atoms with Crippen LogP contribution in [0.3, 0.4) is 0 Å². The van der Waals surface area contributed by atoms with Crippen molar-refractivity contribution >= 4 is 27.3 Å². The lowest BCUT2D eigenvalue weighted by Gasteiger charge is -2.32. The summed E-state index contributed by atoms with van der Waals surface area (Å²) in [6.45, 7) is 0.202. The van der Waals surface area contributed by atoms with E-state index < -0.39 is 27.7 Å². The smallest absolute Gasteiger partial charge is 0.277 e. The third kappa shape index (κ3) is 5.73. The summed E-state index contributed by atoms with van der Waals surface area (Å²) in [5, 5.41) is 2.87. The number of fused-ring (bicyclic) bond motifs is 1. The summed E-state index contributed by atoms with van der Waals surface area (Å²) < 4.78 is 38.8. The van der Waals surface area contributed by atoms with Gasteiger partial charge in [-0.1, -0.05) is 18.2 Å². The summed E-state index contributed by atoms with van der Waals surface area (Å²) in [7, 11) is -3.41. The molecule has 0 bridgehead atoms. The number of nitrogens with one attached hydrogen (secondary N) is 2. The standard InChI is InChI=1S/C28H26FN5O4S/c29-22-7-1-4-19(14-22)10-12-32-27(35)26(21-5-2-11-30-16-21)34(28(36)24-17-31-18-33-24)23-8-9-25-20(15-23)6-3-13-39(25,37)38/h1-2,4-5,7-9,11,14-18,26H,3,6,10,12-13H2,(H,31,33)(H,32,35). The monoisotopic (exact) mass is 547 g/mol. The number of aromatic amines is 1. The zero-order valence-corrected chi connectivity index (χ0v) is 21.7. The van der Waals surface area contributed by atoms with Crippen LogP contribution in [0.2, 0.25) is 0 Å². The van der Waals surface area contributed by atoms with Gasteiger partial charge in [0.15, 0.2) is 9.84 Å². The minimum atomic E-state index is -3.41. The molecule has 11 heteroatoms. The maximum absolute atomic E-state index is 13.8. The Morgan fingerprint density at radius 2 is 1.95 bits per heavy atom. The van der Waals surface area contributed by atoms with Gasteiger partial charge in [-0.3, -0.25) is 19.5 Å². The molecule has 9 nitrogen and oxygen atoms in total. The van der Waals surface area contributed by atoms with E-state index in [4.69, 9.17) is 0 Å². The number of sulfone groups is 1. The van der Waals surface area contributed by atoms with E-state index in [1.165, 1.54) is 41.8 Å². The molecule has 4 aromatic rings. The molecule has 1 aliphatic heterocycles. The molecule has 0 aliphatic carbocycles. The zero-order chi connectivity index (χ0) is 27.4. The molecule has 0 fully saturated rings. The normalized spacial score (nSPS) is 14.7. The van der Waals surface area contributed by atoms with Gasteiger partial charge in [-0.15, -0.1) is 0 Å². The summed E-state index contributed by atoms with van der Waals surface area (Å²) >= 11 is 0. The summed E-state index contributed by atoms with van der Waals surface area (Å²) in [6, 6.07) is 13.0. The van der Waals surface area contributed by atoms with Gasteiger partial charge >= 0.3 is 0 Å². The van der Waals surface area contributed by atoms with Crippen LogP contribution in [0.1, 0.15) is 39.6 Å². The molecule has 5 rings (SSSR count). The molecule has 1 aliphatic rings. The number of halogens is 1. The van der Waals surface area contributed by atoms with E-state index in [0.717, 1.165) is 5.56 Å². The molecule has 2 aromatic carbocycles. The Morgan fingerprint density at radius 3 is 2.69 bits per heavy atom. The number of H-pyrrole nitrogens is 1. The van der Waals surface area contributed by atoms with Crippen molar-refractivity contribution in [3.8, 4) is 0 Å². The van der Waals surface area contributed by atoms with Gasteiger partial charge in [-0.05, 0) is 66.8 Å². The molecular weight excluding hydrogens is 521 g/mol. The molecule has 2 aromatic heterocycles. The largest absolute Gasteiger partial charge is 0.354 e. The highest BCUT2D eigenvalue weighted by atomic mass is 32.2. The van der Waals surface area contributed by atoms with E-state index in [1.807, 2.05) is 0 Å². The predicted octanol–water partition coefficient (Wildman–Crippen LogP) is 3.41. The molecule has 0 spiro atoms. The van der Waals surface area contributed by atoms with Gasteiger partial charge in [-0.25, -0.2) is 17.8 Å². The van der Waals surface area contributed by atoms with Crippen molar-refractivity contribution in [2.24, 2.45) is 0 Å². The second kappa shape index (κ2) is 11.2. The number of anilines is 1. The fourth-order valence-electron chi connectivity index (χ4n) is 4.74. The topological polar surface area (TPSA) is 125 Å². The number of carbonyl (C=O) groups is 2. The highest BCUT2D eigenvalue weighted by Gasteiger charge is 2.35. The molecule has 1 atom stereocenters. The molecule has 39 heavy (non-hydrogen) atoms. The van der Waals surface area contributed by atoms with Crippen molar-refractivity contribution in [2.45, 2.75) is 30.2 Å². The van der Waals surface area contributed by atoms with Crippen molar-refractivity contribution < 1.29 is 22.4 Å². The molecule has 2 N–H and O–H groups in total. The quantitative estimate of drug-likeness (QED) is 0.348. The second-order valence-corrected chi connectivity index (χ2v) is 11.3. The highest BCUT2D eigenvalue weighted by Crippen LogP contribution is 2.34. The van der Waals surface area contributed by atoms with Gasteiger partial charge in [-0.2, -0.15) is 0 Å². The summed E-state index contributed by atoms with van der Waals surface area (Å²) in [5.41, 5.74) is 2.28. The number of rotatable bonds is 8. The Labute approximate surface area is 225 Å². The zero-order valence-electron chi connectivity index (χ0n) is 20.9. The molecule has 0 saturated carbocycles. The van der Waals surface area contributed by atoms with Gasteiger partial charge < -0.3 is 10.3 Å². The second-order valence-electron chi connectivity index (χ2n) is 9.21. The number of nitrogens with zero attached hydrogens (tertiary/aromatic N) is 3. The average molecular weight is 548 g/mol. The number of aromatic nitrogens is 3. The third-order valence-electron chi connectivity index (χ3n) is 6.57. The molecule has 200 valence electrons. The van der Waals surface area contributed by atoms with Crippen molar-refractivity contribution in [1.82, 2.24) is 20.3 Å². The van der Waals surface area contributed by atoms with E-state index in [1.54, 1.807) is 42.6 Å². The maximum Gasteiger partial charge on any atom is 0.277 e. The SMILES string of the molecule is O=C(NCCc1cccc(F)c1)C(c1cccnc1)N(C(=O)c1cnc[nH]1)c1ccc2c(c1)CCCS2(=O)=O. The summed E-state index contributed by atoms with van der Waals surface area (Å²) in [5.74, 6) is -1.29. The Kier molecular flexibility index (Phi) is 7.51. The van der Waals surface area contributed by atoms with Gasteiger partial charge in [0, 0.05) is 30.2 Å². The first-order valence-corrected chi connectivity index (χ1v) is 14.1. The number of hydrogen-bond acceptors (Lipinski definition) is 6. The Balaban J connectivity index is 1.54. The molecule has 2 amide bonds. The number of pyridine rings is 1. The van der Waals surface area contributed by atoms with Crippen LogP contribution >= 0.6 is 0 Å². The van der Waals surface area contributed by atoms with Crippen molar-refractivity contribution in [3.63, 3.8) is 0 Å². The van der Waals surface area contributed by atoms with Crippen LogP contribution in [0.15, 0.2) is 84.4 Å². The lowest BCUT2D eigenvalue weighted by molar-refractivity contribution is -0.122. The highest BCUT2D eigenvalue weighted by molar-refractivity contribution is 7.91. The summed E-state index contributed by atoms with van der Waals surface area (Å²) in [6.07, 6.45) is 7.18. The van der Waals surface area contributed by atoms with Crippen LogP contribution < -0.4 is 10.2 Å². The first kappa shape index (κ1) is 26.2. The van der Waals surface area contributed by atoms with E-state index in [0.29, 0.717) is 36.1 Å². The van der Waals surface area contributed by atoms with Crippen LogP contribution in [-0.2, 0) is 27.5 Å². The molecule has 1 unspecified atom stereocenters. The third-order valence-corrected chi connectivity index (χ3v) is 8.47. The maximum atomic E-state index is 13.8. The molecule has 0 saturated heterocycles. The van der Waals surface area contributed by atoms with E-state index in [-0.39, 0.29) is 28.7 Å². The number of imidazole rings is 1. The van der Waals surface area contributed by atoms with E-state index in [9.17, 15) is 22.4 Å². The lowest BCUT2D eigenvalue weighted by Crippen LogP contribution is -2.44. The Hall–Kier alpha value is -4.38. The number of benzene rings is 2. The molecule has 0 radical (unpaired) electrons. The van der Waals surface area contributed by atoms with Gasteiger partial charge in [0.1, 0.15) is 17.6 Å². The lowest BCUT2D eigenvalue weighted by atomic mass is 10.0.